The maximum Gasteiger partial charge on any atom is 0.416 e. The van der Waals surface area contributed by atoms with Crippen LogP contribution in [0.5, 0.6) is 0 Å². The molecule has 2 fully saturated rings. The Morgan fingerprint density at radius 2 is 1.94 bits per heavy atom. The molecule has 2 aromatic heterocycles. The van der Waals surface area contributed by atoms with Crippen LogP contribution in [0.25, 0.3) is 11.4 Å². The van der Waals surface area contributed by atoms with Gasteiger partial charge in [0.15, 0.2) is 11.0 Å². The van der Waals surface area contributed by atoms with E-state index in [1.54, 1.807) is 36.3 Å². The third kappa shape index (κ3) is 4.63. The van der Waals surface area contributed by atoms with E-state index in [1.807, 2.05) is 17.7 Å². The highest BCUT2D eigenvalue weighted by atomic mass is 32.2. The van der Waals surface area contributed by atoms with E-state index in [4.69, 9.17) is 0 Å². The fourth-order valence-electron chi connectivity index (χ4n) is 4.92. The van der Waals surface area contributed by atoms with Gasteiger partial charge in [-0.3, -0.25) is 0 Å². The van der Waals surface area contributed by atoms with Crippen LogP contribution in [-0.2, 0) is 13.2 Å². The van der Waals surface area contributed by atoms with E-state index >= 15 is 0 Å². The molecule has 1 saturated heterocycles. The third-order valence-corrected chi connectivity index (χ3v) is 7.93. The van der Waals surface area contributed by atoms with Crippen LogP contribution in [0.3, 0.4) is 0 Å². The summed E-state index contributed by atoms with van der Waals surface area (Å²) in [6.45, 7) is 3.12. The Balaban J connectivity index is 1.09. The van der Waals surface area contributed by atoms with Crippen molar-refractivity contribution >= 4 is 11.8 Å². The van der Waals surface area contributed by atoms with E-state index in [1.165, 1.54) is 12.1 Å². The van der Waals surface area contributed by atoms with Gasteiger partial charge in [0.2, 0.25) is 0 Å². The molecular formula is C23H25F3N6S. The van der Waals surface area contributed by atoms with Crippen LogP contribution in [0.15, 0.2) is 47.9 Å². The average Bonchev–Trinajstić information content (AvgIpc) is 3.15. The summed E-state index contributed by atoms with van der Waals surface area (Å²) in [5, 5.41) is 17.2. The van der Waals surface area contributed by atoms with Gasteiger partial charge in [0.05, 0.1) is 18.0 Å². The molecule has 2 aliphatic rings. The number of hydrogen-bond donors (Lipinski definition) is 0. The largest absolute Gasteiger partial charge is 0.416 e. The van der Waals surface area contributed by atoms with Crippen molar-refractivity contribution in [1.82, 2.24) is 29.9 Å². The number of alkyl halides is 3. The molecule has 0 N–H and O–H groups in total. The lowest BCUT2D eigenvalue weighted by Crippen LogP contribution is -2.23. The van der Waals surface area contributed by atoms with Gasteiger partial charge in [-0.05, 0) is 67.4 Å². The predicted molar refractivity (Wildman–Crippen MR) is 120 cm³/mol. The molecular weight excluding hydrogens is 449 g/mol. The normalized spacial score (nSPS) is 22.8. The summed E-state index contributed by atoms with van der Waals surface area (Å²) in [6.07, 6.45) is 2.29. The molecule has 10 heteroatoms. The molecule has 33 heavy (non-hydrogen) atoms. The highest BCUT2D eigenvalue weighted by Crippen LogP contribution is 2.64. The standard InChI is InChI=1S/C23H25F3N6S/c1-31-20(17-7-9-27-28-14-17)29-30-21(31)33-12-2-10-32-11-8-22(15-32)13-19(22)16-3-5-18(6-4-16)23(24,25)26/h3-7,9,14,19H,2,8,10-13,15H2,1H3/t19-,22+/m1/s1. The molecule has 6 nitrogen and oxygen atoms in total. The van der Waals surface area contributed by atoms with E-state index in [0.717, 1.165) is 66.8 Å². The van der Waals surface area contributed by atoms with Crippen molar-refractivity contribution in [2.75, 3.05) is 25.4 Å². The molecule has 3 aromatic rings. The van der Waals surface area contributed by atoms with Crippen molar-refractivity contribution in [3.63, 3.8) is 0 Å². The zero-order chi connectivity index (χ0) is 23.1. The Hall–Kier alpha value is -2.46. The predicted octanol–water partition coefficient (Wildman–Crippen LogP) is 4.65. The maximum absolute atomic E-state index is 12.8. The number of aromatic nitrogens is 5. The van der Waals surface area contributed by atoms with Crippen LogP contribution in [-0.4, -0.2) is 55.2 Å². The van der Waals surface area contributed by atoms with E-state index in [2.05, 4.69) is 25.3 Å². The zero-order valence-corrected chi connectivity index (χ0v) is 19.1. The lowest BCUT2D eigenvalue weighted by atomic mass is 9.97. The highest BCUT2D eigenvalue weighted by molar-refractivity contribution is 7.99. The Bertz CT molecular complexity index is 1100. The molecule has 1 aromatic carbocycles. The van der Waals surface area contributed by atoms with Gasteiger partial charge in [0.1, 0.15) is 0 Å². The lowest BCUT2D eigenvalue weighted by Gasteiger charge is -2.16. The third-order valence-electron chi connectivity index (χ3n) is 6.82. The van der Waals surface area contributed by atoms with E-state index in [9.17, 15) is 13.2 Å². The fourth-order valence-corrected chi connectivity index (χ4v) is 5.75. The van der Waals surface area contributed by atoms with Gasteiger partial charge in [0.25, 0.3) is 0 Å². The van der Waals surface area contributed by atoms with E-state index in [0.29, 0.717) is 5.92 Å². The molecule has 5 rings (SSSR count). The second kappa shape index (κ2) is 8.72. The average molecular weight is 475 g/mol. The van der Waals surface area contributed by atoms with Crippen LogP contribution < -0.4 is 0 Å². The second-order valence-electron chi connectivity index (χ2n) is 8.96. The first kappa shape index (κ1) is 22.3. The number of halogens is 3. The molecule has 1 aliphatic heterocycles. The summed E-state index contributed by atoms with van der Waals surface area (Å²) in [6, 6.07) is 7.63. The molecule has 1 spiro atoms. The zero-order valence-electron chi connectivity index (χ0n) is 18.3. The van der Waals surface area contributed by atoms with Crippen molar-refractivity contribution < 1.29 is 13.2 Å². The quantitative estimate of drug-likeness (QED) is 0.367. The van der Waals surface area contributed by atoms with Crippen LogP contribution in [0.4, 0.5) is 13.2 Å². The van der Waals surface area contributed by atoms with Gasteiger partial charge in [-0.2, -0.15) is 23.4 Å². The number of likely N-dealkylation sites (tertiary alicyclic amines) is 1. The van der Waals surface area contributed by atoms with Crippen LogP contribution >= 0.6 is 11.8 Å². The van der Waals surface area contributed by atoms with Crippen molar-refractivity contribution in [2.24, 2.45) is 12.5 Å². The number of rotatable bonds is 7. The minimum absolute atomic E-state index is 0.254. The lowest BCUT2D eigenvalue weighted by molar-refractivity contribution is -0.137. The first-order valence-corrected chi connectivity index (χ1v) is 12.0. The van der Waals surface area contributed by atoms with Crippen LogP contribution in [0.2, 0.25) is 0 Å². The van der Waals surface area contributed by atoms with Crippen molar-refractivity contribution in [2.45, 2.75) is 36.5 Å². The minimum atomic E-state index is -4.27. The SMILES string of the molecule is Cn1c(SCCCN2CC[C@]3(C[C@@H]3c3ccc(C(F)(F)F)cc3)C2)nnc1-c1ccnnc1. The van der Waals surface area contributed by atoms with Crippen LogP contribution in [0, 0.1) is 5.41 Å². The van der Waals surface area contributed by atoms with Gasteiger partial charge < -0.3 is 9.47 Å². The van der Waals surface area contributed by atoms with Gasteiger partial charge >= 0.3 is 6.18 Å². The minimum Gasteiger partial charge on any atom is -0.305 e. The summed E-state index contributed by atoms with van der Waals surface area (Å²) in [5.41, 5.74) is 1.62. The maximum atomic E-state index is 12.8. The Morgan fingerprint density at radius 3 is 2.67 bits per heavy atom. The smallest absolute Gasteiger partial charge is 0.305 e. The molecule has 0 amide bonds. The Morgan fingerprint density at radius 1 is 1.12 bits per heavy atom. The first-order chi connectivity index (χ1) is 15.9. The van der Waals surface area contributed by atoms with Gasteiger partial charge in [0, 0.05) is 24.9 Å². The molecule has 174 valence electrons. The summed E-state index contributed by atoms with van der Waals surface area (Å²) in [7, 11) is 1.96. The van der Waals surface area contributed by atoms with E-state index in [-0.39, 0.29) is 5.41 Å². The summed E-state index contributed by atoms with van der Waals surface area (Å²) in [5.74, 6) is 2.11. The Labute approximate surface area is 194 Å². The molecule has 1 aliphatic carbocycles. The number of thioether (sulfide) groups is 1. The Kier molecular flexibility index (Phi) is 5.90. The van der Waals surface area contributed by atoms with Gasteiger partial charge in [-0.1, -0.05) is 23.9 Å². The van der Waals surface area contributed by atoms with Crippen molar-refractivity contribution in [3.05, 3.63) is 53.9 Å². The second-order valence-corrected chi connectivity index (χ2v) is 10.0. The molecule has 0 unspecified atom stereocenters. The molecule has 2 atom stereocenters. The van der Waals surface area contributed by atoms with E-state index < -0.39 is 11.7 Å². The number of hydrogen-bond acceptors (Lipinski definition) is 6. The van der Waals surface area contributed by atoms with Gasteiger partial charge in [-0.15, -0.1) is 10.2 Å². The molecule has 0 radical (unpaired) electrons. The number of benzene rings is 1. The summed E-state index contributed by atoms with van der Waals surface area (Å²) < 4.78 is 40.4. The molecule has 1 saturated carbocycles. The monoisotopic (exact) mass is 474 g/mol. The van der Waals surface area contributed by atoms with Crippen molar-refractivity contribution in [1.29, 1.82) is 0 Å². The summed E-state index contributed by atoms with van der Waals surface area (Å²) in [4.78, 5) is 2.50. The summed E-state index contributed by atoms with van der Waals surface area (Å²) >= 11 is 1.70. The van der Waals surface area contributed by atoms with Gasteiger partial charge in [-0.25, -0.2) is 0 Å². The fraction of sp³-hybridized carbons (Fsp3) is 0.478. The van der Waals surface area contributed by atoms with Crippen LogP contribution in [0.1, 0.15) is 36.3 Å². The molecule has 3 heterocycles. The number of nitrogens with zero attached hydrogens (tertiary/aromatic N) is 6. The highest BCUT2D eigenvalue weighted by Gasteiger charge is 2.57. The molecule has 0 bridgehead atoms. The van der Waals surface area contributed by atoms with Crippen molar-refractivity contribution in [3.8, 4) is 11.4 Å². The first-order valence-electron chi connectivity index (χ1n) is 11.0. The topological polar surface area (TPSA) is 59.7 Å².